The van der Waals surface area contributed by atoms with Crippen LogP contribution in [0.4, 0.5) is 10.8 Å². The largest absolute Gasteiger partial charge is 0.479 e. The van der Waals surface area contributed by atoms with Gasteiger partial charge in [-0.2, -0.15) is 0 Å². The zero-order chi connectivity index (χ0) is 14.7. The van der Waals surface area contributed by atoms with E-state index in [1.165, 1.54) is 23.5 Å². The third-order valence-electron chi connectivity index (χ3n) is 2.12. The zero-order valence-corrected chi connectivity index (χ0v) is 12.8. The number of rotatable bonds is 5. The van der Waals surface area contributed by atoms with Crippen molar-refractivity contribution in [3.63, 3.8) is 0 Å². The van der Waals surface area contributed by atoms with Crippen molar-refractivity contribution < 1.29 is 9.66 Å². The van der Waals surface area contributed by atoms with E-state index in [1.54, 1.807) is 0 Å². The number of nitrogens with two attached hydrogens (primary N) is 1. The van der Waals surface area contributed by atoms with Gasteiger partial charge >= 0.3 is 5.69 Å². The fourth-order valence-corrected chi connectivity index (χ4v) is 2.80. The summed E-state index contributed by atoms with van der Waals surface area (Å²) in [6.45, 7) is 0.0282. The van der Waals surface area contributed by atoms with Crippen molar-refractivity contribution in [2.75, 3.05) is 5.43 Å². The molecule has 11 heteroatoms. The third kappa shape index (κ3) is 3.33. The lowest BCUT2D eigenvalue weighted by Crippen LogP contribution is -2.05. The SMILES string of the molecule is NNc1nnc(COc2c(Br)cc(Cl)cc2[N+](=O)[O-])s1. The molecule has 0 bridgehead atoms. The van der Waals surface area contributed by atoms with Gasteiger partial charge in [-0.1, -0.05) is 22.9 Å². The molecule has 0 unspecified atom stereocenters. The number of hydrazine groups is 1. The minimum atomic E-state index is -0.570. The minimum Gasteiger partial charge on any atom is -0.479 e. The average Bonchev–Trinajstić information content (AvgIpc) is 2.84. The van der Waals surface area contributed by atoms with Crippen LogP contribution >= 0.6 is 38.9 Å². The van der Waals surface area contributed by atoms with Gasteiger partial charge in [0, 0.05) is 11.1 Å². The molecule has 0 amide bonds. The van der Waals surface area contributed by atoms with Crippen LogP contribution in [0.25, 0.3) is 0 Å². The van der Waals surface area contributed by atoms with Gasteiger partial charge in [0.1, 0.15) is 6.61 Å². The first kappa shape index (κ1) is 14.9. The lowest BCUT2D eigenvalue weighted by atomic mass is 10.3. The summed E-state index contributed by atoms with van der Waals surface area (Å²) in [5.41, 5.74) is 2.12. The highest BCUT2D eigenvalue weighted by Gasteiger charge is 2.20. The minimum absolute atomic E-state index is 0.0282. The molecule has 1 heterocycles. The smallest absolute Gasteiger partial charge is 0.313 e. The number of nitrogens with one attached hydrogen (secondary N) is 1. The lowest BCUT2D eigenvalue weighted by Gasteiger charge is -2.07. The Morgan fingerprint density at radius 3 is 2.90 bits per heavy atom. The van der Waals surface area contributed by atoms with Gasteiger partial charge in [0.15, 0.2) is 5.01 Å². The Morgan fingerprint density at radius 2 is 2.30 bits per heavy atom. The molecule has 1 aromatic heterocycles. The maximum absolute atomic E-state index is 11.0. The Kier molecular flexibility index (Phi) is 4.70. The summed E-state index contributed by atoms with van der Waals surface area (Å²) < 4.78 is 5.81. The molecular formula is C9H7BrClN5O3S. The van der Waals surface area contributed by atoms with Gasteiger partial charge in [-0.05, 0) is 22.0 Å². The number of halogens is 2. The van der Waals surface area contributed by atoms with Crippen molar-refractivity contribution in [2.45, 2.75) is 6.61 Å². The van der Waals surface area contributed by atoms with E-state index >= 15 is 0 Å². The maximum atomic E-state index is 11.0. The first-order chi connectivity index (χ1) is 9.51. The monoisotopic (exact) mass is 379 g/mol. The van der Waals surface area contributed by atoms with Gasteiger partial charge in [-0.3, -0.25) is 15.5 Å². The molecule has 2 aromatic rings. The van der Waals surface area contributed by atoms with E-state index in [1.807, 2.05) is 0 Å². The summed E-state index contributed by atoms with van der Waals surface area (Å²) in [5.74, 6) is 5.26. The van der Waals surface area contributed by atoms with Crippen LogP contribution in [-0.4, -0.2) is 15.1 Å². The molecule has 0 atom stereocenters. The highest BCUT2D eigenvalue weighted by molar-refractivity contribution is 9.10. The van der Waals surface area contributed by atoms with Crippen LogP contribution in [0, 0.1) is 10.1 Å². The van der Waals surface area contributed by atoms with E-state index in [4.69, 9.17) is 22.2 Å². The molecular weight excluding hydrogens is 374 g/mol. The van der Waals surface area contributed by atoms with Gasteiger partial charge in [0.2, 0.25) is 10.9 Å². The predicted molar refractivity (Wildman–Crippen MR) is 77.9 cm³/mol. The van der Waals surface area contributed by atoms with E-state index < -0.39 is 4.92 Å². The van der Waals surface area contributed by atoms with Crippen LogP contribution in [0.3, 0.4) is 0 Å². The summed E-state index contributed by atoms with van der Waals surface area (Å²) in [6.07, 6.45) is 0. The standard InChI is InChI=1S/C9H7BrClN5O3S/c10-5-1-4(11)2-6(16(17)18)8(5)19-3-7-14-15-9(13-12)20-7/h1-2H,3,12H2,(H,13,15). The van der Waals surface area contributed by atoms with Crippen LogP contribution in [0.2, 0.25) is 5.02 Å². The van der Waals surface area contributed by atoms with Crippen molar-refractivity contribution in [1.29, 1.82) is 0 Å². The fourth-order valence-electron chi connectivity index (χ4n) is 1.33. The Hall–Kier alpha value is -1.49. The number of anilines is 1. The molecule has 0 radical (unpaired) electrons. The number of benzene rings is 1. The predicted octanol–water partition coefficient (Wildman–Crippen LogP) is 2.73. The van der Waals surface area contributed by atoms with E-state index in [-0.39, 0.29) is 23.1 Å². The van der Waals surface area contributed by atoms with Crippen LogP contribution < -0.4 is 16.0 Å². The molecule has 1 aromatic carbocycles. The number of nitro benzene ring substituents is 1. The van der Waals surface area contributed by atoms with E-state index in [2.05, 4.69) is 31.6 Å². The number of nitrogens with zero attached hydrogens (tertiary/aromatic N) is 3. The maximum Gasteiger partial charge on any atom is 0.313 e. The fraction of sp³-hybridized carbons (Fsp3) is 0.111. The summed E-state index contributed by atoms with van der Waals surface area (Å²) in [5, 5.41) is 19.7. The first-order valence-corrected chi connectivity index (χ1v) is 7.05. The van der Waals surface area contributed by atoms with Crippen LogP contribution in [-0.2, 0) is 6.61 Å². The summed E-state index contributed by atoms with van der Waals surface area (Å²) in [6, 6.07) is 2.73. The molecule has 3 N–H and O–H groups in total. The topological polar surface area (TPSA) is 116 Å². The van der Waals surface area contributed by atoms with Crippen LogP contribution in [0.1, 0.15) is 5.01 Å². The normalized spacial score (nSPS) is 10.3. The summed E-state index contributed by atoms with van der Waals surface area (Å²) >= 11 is 10.1. The van der Waals surface area contributed by atoms with Gasteiger partial charge in [-0.25, -0.2) is 5.84 Å². The number of nitrogen functional groups attached to an aromatic ring is 1. The molecule has 0 aliphatic rings. The average molecular weight is 381 g/mol. The quantitative estimate of drug-likeness (QED) is 0.465. The molecule has 0 spiro atoms. The van der Waals surface area contributed by atoms with Gasteiger partial charge in [0.25, 0.3) is 0 Å². The Balaban J connectivity index is 2.22. The molecule has 8 nitrogen and oxygen atoms in total. The molecule has 0 saturated carbocycles. The molecule has 0 saturated heterocycles. The number of nitro groups is 1. The lowest BCUT2D eigenvalue weighted by molar-refractivity contribution is -0.386. The van der Waals surface area contributed by atoms with E-state index in [0.29, 0.717) is 14.6 Å². The molecule has 0 aliphatic heterocycles. The van der Waals surface area contributed by atoms with E-state index in [0.717, 1.165) is 0 Å². The number of hydrogen-bond acceptors (Lipinski definition) is 8. The van der Waals surface area contributed by atoms with Crippen LogP contribution in [0.5, 0.6) is 5.75 Å². The molecule has 2 rings (SSSR count). The number of hydrogen-bond donors (Lipinski definition) is 2. The molecule has 106 valence electrons. The summed E-state index contributed by atoms with van der Waals surface area (Å²) in [4.78, 5) is 10.4. The molecule has 20 heavy (non-hydrogen) atoms. The Morgan fingerprint density at radius 1 is 1.55 bits per heavy atom. The van der Waals surface area contributed by atoms with Gasteiger partial charge < -0.3 is 4.74 Å². The van der Waals surface area contributed by atoms with Crippen LogP contribution in [0.15, 0.2) is 16.6 Å². The Labute approximate surface area is 130 Å². The highest BCUT2D eigenvalue weighted by Crippen LogP contribution is 2.38. The van der Waals surface area contributed by atoms with Crippen molar-refractivity contribution in [3.05, 3.63) is 36.8 Å². The van der Waals surface area contributed by atoms with Gasteiger partial charge in [0.05, 0.1) is 9.40 Å². The molecule has 0 aliphatic carbocycles. The zero-order valence-electron chi connectivity index (χ0n) is 9.67. The third-order valence-corrected chi connectivity index (χ3v) is 3.75. The Bertz CT molecular complexity index is 653. The second-order valence-corrected chi connectivity index (χ2v) is 5.78. The van der Waals surface area contributed by atoms with Crippen molar-refractivity contribution in [2.24, 2.45) is 5.84 Å². The molecule has 0 fully saturated rings. The van der Waals surface area contributed by atoms with Crippen molar-refractivity contribution >= 4 is 49.7 Å². The highest BCUT2D eigenvalue weighted by atomic mass is 79.9. The second-order valence-electron chi connectivity index (χ2n) is 3.43. The van der Waals surface area contributed by atoms with Gasteiger partial charge in [-0.15, -0.1) is 10.2 Å². The van der Waals surface area contributed by atoms with Crippen molar-refractivity contribution in [1.82, 2.24) is 10.2 Å². The number of ether oxygens (including phenoxy) is 1. The van der Waals surface area contributed by atoms with E-state index in [9.17, 15) is 10.1 Å². The number of aromatic nitrogens is 2. The summed E-state index contributed by atoms with van der Waals surface area (Å²) in [7, 11) is 0. The first-order valence-electron chi connectivity index (χ1n) is 5.06. The van der Waals surface area contributed by atoms with Crippen molar-refractivity contribution in [3.8, 4) is 5.75 Å². The second kappa shape index (κ2) is 6.31.